The number of amides is 1. The molecule has 32 heavy (non-hydrogen) atoms. The lowest BCUT2D eigenvalue weighted by Gasteiger charge is -2.07. The topological polar surface area (TPSA) is 85.5 Å². The summed E-state index contributed by atoms with van der Waals surface area (Å²) in [6.45, 7) is 0. The van der Waals surface area contributed by atoms with Crippen molar-refractivity contribution in [3.8, 4) is 28.6 Å². The standard InChI is InChI=1S/C25H23N3O4/c1-30-19-9-6-17(7-10-19)25-27-20-11-8-18(15-21(20)28-25)26-24(29)13-5-16-4-12-22(31-2)23(14-16)32-3/h4-15H,1-3H3,(H,26,29)(H,27,28). The van der Waals surface area contributed by atoms with Gasteiger partial charge in [-0.15, -0.1) is 0 Å². The van der Waals surface area contributed by atoms with Crippen molar-refractivity contribution in [2.24, 2.45) is 0 Å². The number of carbonyl (C=O) groups excluding carboxylic acids is 1. The third-order valence-corrected chi connectivity index (χ3v) is 4.95. The Morgan fingerprint density at radius 3 is 2.41 bits per heavy atom. The number of benzene rings is 3. The molecule has 162 valence electrons. The Bertz CT molecular complexity index is 1280. The molecule has 0 aliphatic heterocycles. The Labute approximate surface area is 185 Å². The van der Waals surface area contributed by atoms with Crippen molar-refractivity contribution in [3.05, 3.63) is 72.3 Å². The minimum Gasteiger partial charge on any atom is -0.497 e. The number of anilines is 1. The predicted octanol–water partition coefficient (Wildman–Crippen LogP) is 4.91. The summed E-state index contributed by atoms with van der Waals surface area (Å²) in [5.74, 6) is 2.54. The molecule has 7 heteroatoms. The Morgan fingerprint density at radius 1 is 0.906 bits per heavy atom. The van der Waals surface area contributed by atoms with Crippen LogP contribution in [-0.2, 0) is 4.79 Å². The zero-order valence-corrected chi connectivity index (χ0v) is 18.0. The predicted molar refractivity (Wildman–Crippen MR) is 125 cm³/mol. The summed E-state index contributed by atoms with van der Waals surface area (Å²) in [7, 11) is 4.79. The molecule has 0 atom stereocenters. The molecule has 0 spiro atoms. The van der Waals surface area contributed by atoms with Crippen LogP contribution in [-0.4, -0.2) is 37.2 Å². The van der Waals surface area contributed by atoms with Crippen LogP contribution >= 0.6 is 0 Å². The second-order valence-corrected chi connectivity index (χ2v) is 6.98. The highest BCUT2D eigenvalue weighted by Gasteiger charge is 2.08. The van der Waals surface area contributed by atoms with E-state index in [1.165, 1.54) is 6.08 Å². The molecule has 3 aromatic carbocycles. The summed E-state index contributed by atoms with van der Waals surface area (Å²) in [6, 6.07) is 18.7. The fourth-order valence-corrected chi connectivity index (χ4v) is 3.29. The van der Waals surface area contributed by atoms with Crippen LogP contribution < -0.4 is 19.5 Å². The molecule has 0 radical (unpaired) electrons. The molecular formula is C25H23N3O4. The summed E-state index contributed by atoms with van der Waals surface area (Å²) >= 11 is 0. The number of hydrogen-bond donors (Lipinski definition) is 2. The van der Waals surface area contributed by atoms with Gasteiger partial charge in [0.05, 0.1) is 32.4 Å². The van der Waals surface area contributed by atoms with Gasteiger partial charge in [-0.2, -0.15) is 0 Å². The van der Waals surface area contributed by atoms with E-state index in [4.69, 9.17) is 14.2 Å². The Hall–Kier alpha value is -4.26. The highest BCUT2D eigenvalue weighted by molar-refractivity contribution is 6.02. The number of nitrogens with zero attached hydrogens (tertiary/aromatic N) is 1. The van der Waals surface area contributed by atoms with Crippen LogP contribution in [0.1, 0.15) is 5.56 Å². The second kappa shape index (κ2) is 9.26. The number of ether oxygens (including phenoxy) is 3. The number of methoxy groups -OCH3 is 3. The Balaban J connectivity index is 1.47. The van der Waals surface area contributed by atoms with Crippen LogP contribution in [0.5, 0.6) is 17.2 Å². The van der Waals surface area contributed by atoms with Gasteiger partial charge in [-0.05, 0) is 66.2 Å². The maximum absolute atomic E-state index is 12.4. The molecule has 0 unspecified atom stereocenters. The zero-order valence-electron chi connectivity index (χ0n) is 18.0. The van der Waals surface area contributed by atoms with Crippen molar-refractivity contribution in [1.82, 2.24) is 9.97 Å². The molecule has 0 saturated carbocycles. The Kier molecular flexibility index (Phi) is 6.07. The third-order valence-electron chi connectivity index (χ3n) is 4.95. The zero-order chi connectivity index (χ0) is 22.5. The van der Waals surface area contributed by atoms with E-state index in [1.807, 2.05) is 48.5 Å². The number of imidazole rings is 1. The maximum atomic E-state index is 12.4. The molecule has 1 heterocycles. The number of aromatic amines is 1. The number of hydrogen-bond acceptors (Lipinski definition) is 5. The first-order valence-electron chi connectivity index (χ1n) is 9.95. The van der Waals surface area contributed by atoms with E-state index >= 15 is 0 Å². The van der Waals surface area contributed by atoms with Gasteiger partial charge in [0.25, 0.3) is 0 Å². The van der Waals surface area contributed by atoms with Gasteiger partial charge in [0.2, 0.25) is 5.91 Å². The lowest BCUT2D eigenvalue weighted by Crippen LogP contribution is -2.07. The molecule has 0 bridgehead atoms. The lowest BCUT2D eigenvalue weighted by atomic mass is 10.2. The molecule has 2 N–H and O–H groups in total. The van der Waals surface area contributed by atoms with Crippen LogP contribution in [0.3, 0.4) is 0 Å². The van der Waals surface area contributed by atoms with Gasteiger partial charge in [-0.3, -0.25) is 4.79 Å². The van der Waals surface area contributed by atoms with Crippen molar-refractivity contribution >= 4 is 28.7 Å². The summed E-state index contributed by atoms with van der Waals surface area (Å²) in [6.07, 6.45) is 3.19. The molecule has 7 nitrogen and oxygen atoms in total. The monoisotopic (exact) mass is 429 g/mol. The summed E-state index contributed by atoms with van der Waals surface area (Å²) in [4.78, 5) is 20.3. The number of carbonyl (C=O) groups is 1. The first kappa shape index (κ1) is 21.0. The molecule has 0 aliphatic rings. The molecule has 4 aromatic rings. The summed E-state index contributed by atoms with van der Waals surface area (Å²) in [5, 5.41) is 2.87. The molecule has 0 saturated heterocycles. The highest BCUT2D eigenvalue weighted by Crippen LogP contribution is 2.28. The first-order valence-corrected chi connectivity index (χ1v) is 9.95. The van der Waals surface area contributed by atoms with E-state index in [0.717, 1.165) is 33.7 Å². The van der Waals surface area contributed by atoms with E-state index in [-0.39, 0.29) is 5.91 Å². The second-order valence-electron chi connectivity index (χ2n) is 6.98. The third kappa shape index (κ3) is 4.57. The van der Waals surface area contributed by atoms with Gasteiger partial charge >= 0.3 is 0 Å². The number of aromatic nitrogens is 2. The summed E-state index contributed by atoms with van der Waals surface area (Å²) in [5.41, 5.74) is 4.09. The minimum atomic E-state index is -0.242. The van der Waals surface area contributed by atoms with Gasteiger partial charge in [-0.25, -0.2) is 4.98 Å². The molecule has 1 amide bonds. The maximum Gasteiger partial charge on any atom is 0.248 e. The van der Waals surface area contributed by atoms with E-state index in [0.29, 0.717) is 17.2 Å². The van der Waals surface area contributed by atoms with E-state index in [2.05, 4.69) is 15.3 Å². The average Bonchev–Trinajstić information content (AvgIpc) is 3.26. The van der Waals surface area contributed by atoms with Gasteiger partial charge in [0, 0.05) is 17.3 Å². The van der Waals surface area contributed by atoms with Gasteiger partial charge in [-0.1, -0.05) is 6.07 Å². The van der Waals surface area contributed by atoms with Crippen LogP contribution in [0.15, 0.2) is 66.7 Å². The van der Waals surface area contributed by atoms with Crippen LogP contribution in [0.2, 0.25) is 0 Å². The van der Waals surface area contributed by atoms with Crippen LogP contribution in [0.4, 0.5) is 5.69 Å². The van der Waals surface area contributed by atoms with Crippen LogP contribution in [0.25, 0.3) is 28.5 Å². The van der Waals surface area contributed by atoms with Gasteiger partial charge in [0.1, 0.15) is 11.6 Å². The van der Waals surface area contributed by atoms with Crippen molar-refractivity contribution in [1.29, 1.82) is 0 Å². The highest BCUT2D eigenvalue weighted by atomic mass is 16.5. The molecule has 0 aliphatic carbocycles. The number of H-pyrrole nitrogens is 1. The van der Waals surface area contributed by atoms with E-state index in [9.17, 15) is 4.79 Å². The molecule has 0 fully saturated rings. The smallest absolute Gasteiger partial charge is 0.248 e. The number of fused-ring (bicyclic) bond motifs is 1. The van der Waals surface area contributed by atoms with E-state index < -0.39 is 0 Å². The number of rotatable bonds is 7. The lowest BCUT2D eigenvalue weighted by molar-refractivity contribution is -0.111. The van der Waals surface area contributed by atoms with Crippen LogP contribution in [0, 0.1) is 0 Å². The van der Waals surface area contributed by atoms with E-state index in [1.54, 1.807) is 39.5 Å². The molecule has 1 aromatic heterocycles. The Morgan fingerprint density at radius 2 is 1.69 bits per heavy atom. The van der Waals surface area contributed by atoms with Gasteiger partial charge < -0.3 is 24.5 Å². The quantitative estimate of drug-likeness (QED) is 0.408. The average molecular weight is 429 g/mol. The number of nitrogens with one attached hydrogen (secondary N) is 2. The minimum absolute atomic E-state index is 0.242. The fourth-order valence-electron chi connectivity index (χ4n) is 3.29. The summed E-state index contributed by atoms with van der Waals surface area (Å²) < 4.78 is 15.7. The SMILES string of the molecule is COc1ccc(-c2nc3ccc(NC(=O)C=Cc4ccc(OC)c(OC)c4)cc3[nH]2)cc1. The van der Waals surface area contributed by atoms with Crippen molar-refractivity contribution in [3.63, 3.8) is 0 Å². The van der Waals surface area contributed by atoms with Crippen molar-refractivity contribution in [2.75, 3.05) is 26.6 Å². The normalized spacial score (nSPS) is 11.0. The van der Waals surface area contributed by atoms with Crippen molar-refractivity contribution < 1.29 is 19.0 Å². The first-order chi connectivity index (χ1) is 15.6. The fraction of sp³-hybridized carbons (Fsp3) is 0.120. The molecular weight excluding hydrogens is 406 g/mol. The van der Waals surface area contributed by atoms with Gasteiger partial charge in [0.15, 0.2) is 11.5 Å². The largest absolute Gasteiger partial charge is 0.497 e. The van der Waals surface area contributed by atoms with Crippen molar-refractivity contribution in [2.45, 2.75) is 0 Å². The molecule has 4 rings (SSSR count).